The molecule has 18 heavy (non-hydrogen) atoms. The van der Waals surface area contributed by atoms with E-state index in [1.807, 2.05) is 0 Å². The molecule has 5 nitrogen and oxygen atoms in total. The molecule has 104 valence electrons. The second kappa shape index (κ2) is 5.52. The molecule has 0 unspecified atom stereocenters. The van der Waals surface area contributed by atoms with E-state index in [1.54, 1.807) is 4.90 Å². The van der Waals surface area contributed by atoms with Crippen molar-refractivity contribution in [3.8, 4) is 0 Å². The predicted molar refractivity (Wildman–Crippen MR) is 63.2 cm³/mol. The number of amides is 1. The van der Waals surface area contributed by atoms with E-state index in [0.29, 0.717) is 26.3 Å². The van der Waals surface area contributed by atoms with Crippen LogP contribution in [0.25, 0.3) is 0 Å². The van der Waals surface area contributed by atoms with Crippen LogP contribution in [0, 0.1) is 5.92 Å². The molecule has 7 heteroatoms. The summed E-state index contributed by atoms with van der Waals surface area (Å²) < 4.78 is 39.6. The number of carbonyl (C=O) groups excluding carboxylic acids is 1. The summed E-state index contributed by atoms with van der Waals surface area (Å²) in [5.74, 6) is 0.0466. The molecule has 0 saturated carbocycles. The number of likely N-dealkylation sites (tertiary alicyclic amines) is 1. The first kappa shape index (κ1) is 13.7. The van der Waals surface area contributed by atoms with Crippen molar-refractivity contribution in [3.63, 3.8) is 0 Å². The van der Waals surface area contributed by atoms with Crippen LogP contribution in [0.15, 0.2) is 0 Å². The lowest BCUT2D eigenvalue weighted by Crippen LogP contribution is -2.45. The zero-order valence-electron chi connectivity index (χ0n) is 10.2. The molecule has 0 aromatic carbocycles. The molecule has 2 rings (SSSR count). The molecule has 2 saturated heterocycles. The first-order valence-electron chi connectivity index (χ1n) is 6.28. The normalized spacial score (nSPS) is 24.2. The van der Waals surface area contributed by atoms with E-state index >= 15 is 0 Å². The third kappa shape index (κ3) is 3.20. The van der Waals surface area contributed by atoms with Gasteiger partial charge in [0.15, 0.2) is 0 Å². The second-order valence-corrected chi connectivity index (χ2v) is 6.50. The number of halogens is 1. The molecule has 0 aromatic rings. The molecule has 0 bridgehead atoms. The topological polar surface area (TPSA) is 63.7 Å². The van der Waals surface area contributed by atoms with Crippen molar-refractivity contribution in [1.29, 1.82) is 0 Å². The van der Waals surface area contributed by atoms with E-state index in [0.717, 1.165) is 12.8 Å². The molecule has 2 fully saturated rings. The van der Waals surface area contributed by atoms with Crippen molar-refractivity contribution in [2.75, 3.05) is 26.3 Å². The van der Waals surface area contributed by atoms with Crippen molar-refractivity contribution in [1.82, 2.24) is 4.90 Å². The highest BCUT2D eigenvalue weighted by Gasteiger charge is 2.33. The highest BCUT2D eigenvalue weighted by atomic mass is 32.3. The van der Waals surface area contributed by atoms with Gasteiger partial charge < -0.3 is 9.64 Å². The van der Waals surface area contributed by atoms with Crippen molar-refractivity contribution in [2.24, 2.45) is 5.92 Å². The summed E-state index contributed by atoms with van der Waals surface area (Å²) >= 11 is 0. The van der Waals surface area contributed by atoms with E-state index in [4.69, 9.17) is 4.74 Å². The zero-order valence-corrected chi connectivity index (χ0v) is 11.0. The minimum atomic E-state index is -4.46. The van der Waals surface area contributed by atoms with Crippen LogP contribution >= 0.6 is 0 Å². The summed E-state index contributed by atoms with van der Waals surface area (Å²) in [4.78, 5) is 13.8. The molecule has 1 amide bonds. The first-order valence-corrected chi connectivity index (χ1v) is 7.73. The fourth-order valence-corrected chi connectivity index (χ4v) is 3.33. The van der Waals surface area contributed by atoms with E-state index < -0.39 is 15.5 Å². The minimum Gasteiger partial charge on any atom is -0.381 e. The Kier molecular flexibility index (Phi) is 4.21. The summed E-state index contributed by atoms with van der Waals surface area (Å²) in [6.45, 7) is 1.88. The number of carbonyl (C=O) groups is 1. The van der Waals surface area contributed by atoms with Gasteiger partial charge in [0.1, 0.15) is 0 Å². The van der Waals surface area contributed by atoms with Crippen molar-refractivity contribution < 1.29 is 21.8 Å². The zero-order chi connectivity index (χ0) is 13.2. The number of hydrogen-bond acceptors (Lipinski definition) is 4. The maximum atomic E-state index is 12.8. The van der Waals surface area contributed by atoms with Crippen LogP contribution in [0.3, 0.4) is 0 Å². The predicted octanol–water partition coefficient (Wildman–Crippen LogP) is 0.703. The monoisotopic (exact) mass is 279 g/mol. The van der Waals surface area contributed by atoms with Crippen LogP contribution in [0.1, 0.15) is 25.7 Å². The van der Waals surface area contributed by atoms with E-state index in [2.05, 4.69) is 0 Å². The van der Waals surface area contributed by atoms with Gasteiger partial charge in [0.05, 0.1) is 5.25 Å². The summed E-state index contributed by atoms with van der Waals surface area (Å²) in [6, 6.07) is 0. The molecule has 0 atom stereocenters. The molecule has 0 N–H and O–H groups in total. The van der Waals surface area contributed by atoms with Crippen LogP contribution in [0.4, 0.5) is 3.89 Å². The van der Waals surface area contributed by atoms with Crippen LogP contribution in [-0.2, 0) is 19.8 Å². The lowest BCUT2D eigenvalue weighted by atomic mass is 9.97. The molecule has 2 aliphatic heterocycles. The first-order chi connectivity index (χ1) is 8.48. The van der Waals surface area contributed by atoms with Crippen molar-refractivity contribution >= 4 is 16.1 Å². The molecule has 0 radical (unpaired) electrons. The second-order valence-electron chi connectivity index (χ2n) is 4.89. The average Bonchev–Trinajstić information content (AvgIpc) is 2.38. The standard InChI is InChI=1S/C11H18FNO4S/c12-18(15,16)10-1-5-13(6-2-10)11(14)9-3-7-17-8-4-9/h9-10H,1-8H2. The van der Waals surface area contributed by atoms with Gasteiger partial charge in [-0.25, -0.2) is 0 Å². The van der Waals surface area contributed by atoms with Gasteiger partial charge >= 0.3 is 10.2 Å². The summed E-state index contributed by atoms with van der Waals surface area (Å²) in [5.41, 5.74) is 0. The van der Waals surface area contributed by atoms with E-state index in [-0.39, 0.29) is 24.7 Å². The number of nitrogens with zero attached hydrogens (tertiary/aromatic N) is 1. The summed E-state index contributed by atoms with van der Waals surface area (Å²) in [5, 5.41) is -0.934. The number of rotatable bonds is 2. The molecule has 2 heterocycles. The number of piperidine rings is 1. The smallest absolute Gasteiger partial charge is 0.305 e. The maximum Gasteiger partial charge on any atom is 0.305 e. The van der Waals surface area contributed by atoms with Gasteiger partial charge in [-0.2, -0.15) is 8.42 Å². The van der Waals surface area contributed by atoms with Crippen molar-refractivity contribution in [2.45, 2.75) is 30.9 Å². The lowest BCUT2D eigenvalue weighted by Gasteiger charge is -2.33. The maximum absolute atomic E-state index is 12.8. The minimum absolute atomic E-state index is 0.0164. The quantitative estimate of drug-likeness (QED) is 0.698. The van der Waals surface area contributed by atoms with Gasteiger partial charge in [0.2, 0.25) is 5.91 Å². The van der Waals surface area contributed by atoms with E-state index in [1.165, 1.54) is 0 Å². The van der Waals surface area contributed by atoms with Gasteiger partial charge in [-0.3, -0.25) is 4.79 Å². The average molecular weight is 279 g/mol. The van der Waals surface area contributed by atoms with Gasteiger partial charge in [0, 0.05) is 32.2 Å². The van der Waals surface area contributed by atoms with Gasteiger partial charge in [-0.05, 0) is 25.7 Å². The molecule has 0 aromatic heterocycles. The Morgan fingerprint density at radius 2 is 1.67 bits per heavy atom. The largest absolute Gasteiger partial charge is 0.381 e. The Balaban J connectivity index is 1.87. The third-order valence-corrected chi connectivity index (χ3v) is 4.99. The molecular weight excluding hydrogens is 261 g/mol. The Morgan fingerprint density at radius 1 is 1.11 bits per heavy atom. The van der Waals surface area contributed by atoms with Gasteiger partial charge in [-0.1, -0.05) is 0 Å². The van der Waals surface area contributed by atoms with Crippen molar-refractivity contribution in [3.05, 3.63) is 0 Å². The Labute approximate surface area is 106 Å². The summed E-state index contributed by atoms with van der Waals surface area (Å²) in [7, 11) is -4.46. The summed E-state index contributed by atoms with van der Waals surface area (Å²) in [6.07, 6.45) is 1.85. The Bertz CT molecular complexity index is 397. The fourth-order valence-electron chi connectivity index (χ4n) is 2.56. The Hall–Kier alpha value is -0.690. The Morgan fingerprint density at radius 3 is 2.17 bits per heavy atom. The molecule has 0 aliphatic carbocycles. The number of hydrogen-bond donors (Lipinski definition) is 0. The van der Waals surface area contributed by atoms with E-state index in [9.17, 15) is 17.1 Å². The molecule has 0 spiro atoms. The van der Waals surface area contributed by atoms with Crippen LogP contribution in [0.2, 0.25) is 0 Å². The van der Waals surface area contributed by atoms with Crippen LogP contribution in [-0.4, -0.2) is 50.8 Å². The molecule has 2 aliphatic rings. The lowest BCUT2D eigenvalue weighted by molar-refractivity contribution is -0.139. The number of ether oxygens (including phenoxy) is 1. The third-order valence-electron chi connectivity index (χ3n) is 3.72. The van der Waals surface area contributed by atoms with Gasteiger partial charge in [-0.15, -0.1) is 3.89 Å². The molecular formula is C11H18FNO4S. The SMILES string of the molecule is O=C(C1CCOCC1)N1CCC(S(=O)(=O)F)CC1. The highest BCUT2D eigenvalue weighted by Crippen LogP contribution is 2.23. The fraction of sp³-hybridized carbons (Fsp3) is 0.909. The van der Waals surface area contributed by atoms with Crippen LogP contribution in [0.5, 0.6) is 0 Å². The van der Waals surface area contributed by atoms with Gasteiger partial charge in [0.25, 0.3) is 0 Å². The highest BCUT2D eigenvalue weighted by molar-refractivity contribution is 7.87. The van der Waals surface area contributed by atoms with Crippen LogP contribution < -0.4 is 0 Å².